The fourth-order valence-corrected chi connectivity index (χ4v) is 1.87. The van der Waals surface area contributed by atoms with E-state index in [-0.39, 0.29) is 17.7 Å². The number of unbranched alkanes of at least 4 members (excludes halogenated alkanes) is 1. The van der Waals surface area contributed by atoms with Crippen molar-refractivity contribution >= 4 is 29.1 Å². The molecule has 1 aliphatic rings. The van der Waals surface area contributed by atoms with Crippen LogP contribution in [-0.4, -0.2) is 42.0 Å². The maximum absolute atomic E-state index is 11.6. The van der Waals surface area contributed by atoms with E-state index >= 15 is 0 Å². The highest BCUT2D eigenvalue weighted by Crippen LogP contribution is 2.18. The molecule has 2 amide bonds. The van der Waals surface area contributed by atoms with Gasteiger partial charge < -0.3 is 10.6 Å². The van der Waals surface area contributed by atoms with Crippen LogP contribution in [0.25, 0.3) is 0 Å². The lowest BCUT2D eigenvalue weighted by Crippen LogP contribution is -2.34. The molecular formula is C11H19N3O2S. The van der Waals surface area contributed by atoms with Gasteiger partial charge in [-0.1, -0.05) is 6.92 Å². The average Bonchev–Trinajstić information content (AvgIpc) is 2.54. The zero-order chi connectivity index (χ0) is 12.8. The van der Waals surface area contributed by atoms with Crippen LogP contribution in [0, 0.1) is 5.92 Å². The number of amides is 2. The van der Waals surface area contributed by atoms with Gasteiger partial charge in [-0.3, -0.25) is 14.5 Å². The fraction of sp³-hybridized carbons (Fsp3) is 0.727. The van der Waals surface area contributed by atoms with E-state index < -0.39 is 0 Å². The Labute approximate surface area is 107 Å². The minimum Gasteiger partial charge on any atom is -0.366 e. The van der Waals surface area contributed by atoms with Gasteiger partial charge >= 0.3 is 0 Å². The molecular weight excluding hydrogens is 238 g/mol. The molecule has 1 saturated heterocycles. The Balaban J connectivity index is 2.17. The van der Waals surface area contributed by atoms with Crippen molar-refractivity contribution in [2.24, 2.45) is 5.92 Å². The molecule has 96 valence electrons. The van der Waals surface area contributed by atoms with E-state index in [9.17, 15) is 9.59 Å². The normalized spacial score (nSPS) is 19.6. The number of thiocarbonyl (C=S) groups is 1. The van der Waals surface area contributed by atoms with Crippen LogP contribution in [0.15, 0.2) is 0 Å². The van der Waals surface area contributed by atoms with Crippen molar-refractivity contribution in [3.8, 4) is 0 Å². The van der Waals surface area contributed by atoms with Crippen molar-refractivity contribution in [3.05, 3.63) is 0 Å². The molecule has 2 N–H and O–H groups in total. The zero-order valence-corrected chi connectivity index (χ0v) is 11.1. The Morgan fingerprint density at radius 2 is 2.18 bits per heavy atom. The van der Waals surface area contributed by atoms with Crippen LogP contribution in [0.3, 0.4) is 0 Å². The number of nitrogens with one attached hydrogen (secondary N) is 2. The van der Waals surface area contributed by atoms with Gasteiger partial charge in [0.25, 0.3) is 0 Å². The van der Waals surface area contributed by atoms with Gasteiger partial charge in [-0.15, -0.1) is 0 Å². The van der Waals surface area contributed by atoms with Crippen LogP contribution in [0.2, 0.25) is 0 Å². The molecule has 0 aromatic carbocycles. The topological polar surface area (TPSA) is 61.4 Å². The standard InChI is InChI=1S/C11H19N3O2S/c1-8-7-9(15)14(10(8)16)6-4-3-5-13-11(17)12-2/h8H,3-7H2,1-2H3,(H2,12,13,17). The summed E-state index contributed by atoms with van der Waals surface area (Å²) in [6.07, 6.45) is 2.05. The molecule has 0 radical (unpaired) electrons. The van der Waals surface area contributed by atoms with E-state index in [2.05, 4.69) is 10.6 Å². The molecule has 0 aromatic heterocycles. The summed E-state index contributed by atoms with van der Waals surface area (Å²) in [7, 11) is 1.76. The van der Waals surface area contributed by atoms with Crippen molar-refractivity contribution in [1.29, 1.82) is 0 Å². The average molecular weight is 257 g/mol. The number of nitrogens with zero attached hydrogens (tertiary/aromatic N) is 1. The summed E-state index contributed by atoms with van der Waals surface area (Å²) in [5.41, 5.74) is 0. The molecule has 0 aliphatic carbocycles. The van der Waals surface area contributed by atoms with Crippen LogP contribution >= 0.6 is 12.2 Å². The predicted molar refractivity (Wildman–Crippen MR) is 69.4 cm³/mol. The third kappa shape index (κ3) is 3.96. The van der Waals surface area contributed by atoms with Crippen molar-refractivity contribution in [1.82, 2.24) is 15.5 Å². The van der Waals surface area contributed by atoms with Crippen LogP contribution in [-0.2, 0) is 9.59 Å². The molecule has 1 aliphatic heterocycles. The van der Waals surface area contributed by atoms with Crippen LogP contribution < -0.4 is 10.6 Å². The summed E-state index contributed by atoms with van der Waals surface area (Å²) in [6.45, 7) is 3.08. The molecule has 0 saturated carbocycles. The Hall–Kier alpha value is -1.17. The number of imide groups is 1. The Kier molecular flexibility index (Phi) is 5.34. The summed E-state index contributed by atoms with van der Waals surface area (Å²) in [6, 6.07) is 0. The SMILES string of the molecule is CNC(=S)NCCCCN1C(=O)CC(C)C1=O. The minimum absolute atomic E-state index is 0.0336. The minimum atomic E-state index is -0.141. The molecule has 17 heavy (non-hydrogen) atoms. The second-order valence-corrected chi connectivity index (χ2v) is 4.61. The predicted octanol–water partition coefficient (Wildman–Crippen LogP) is 0.255. The Bertz CT molecular complexity index is 320. The summed E-state index contributed by atoms with van der Waals surface area (Å²) < 4.78 is 0. The van der Waals surface area contributed by atoms with Crippen LogP contribution in [0.4, 0.5) is 0 Å². The first-order chi connectivity index (χ1) is 8.06. The highest BCUT2D eigenvalue weighted by molar-refractivity contribution is 7.80. The number of rotatable bonds is 5. The zero-order valence-electron chi connectivity index (χ0n) is 10.3. The second-order valence-electron chi connectivity index (χ2n) is 4.20. The largest absolute Gasteiger partial charge is 0.366 e. The van der Waals surface area contributed by atoms with Crippen molar-refractivity contribution < 1.29 is 9.59 Å². The van der Waals surface area contributed by atoms with Gasteiger partial charge in [0, 0.05) is 32.5 Å². The molecule has 0 spiro atoms. The highest BCUT2D eigenvalue weighted by atomic mass is 32.1. The third-order valence-corrected chi connectivity index (χ3v) is 3.14. The number of hydrogen-bond donors (Lipinski definition) is 2. The van der Waals surface area contributed by atoms with Gasteiger partial charge in [-0.05, 0) is 25.1 Å². The van der Waals surface area contributed by atoms with Crippen molar-refractivity contribution in [2.45, 2.75) is 26.2 Å². The number of hydrogen-bond acceptors (Lipinski definition) is 3. The maximum atomic E-state index is 11.6. The lowest BCUT2D eigenvalue weighted by Gasteiger charge is -2.14. The first-order valence-electron chi connectivity index (χ1n) is 5.86. The molecule has 1 unspecified atom stereocenters. The van der Waals surface area contributed by atoms with Crippen molar-refractivity contribution in [2.75, 3.05) is 20.1 Å². The Morgan fingerprint density at radius 3 is 2.71 bits per heavy atom. The second kappa shape index (κ2) is 6.54. The van der Waals surface area contributed by atoms with Gasteiger partial charge in [0.15, 0.2) is 5.11 Å². The molecule has 1 heterocycles. The van der Waals surface area contributed by atoms with Crippen molar-refractivity contribution in [3.63, 3.8) is 0 Å². The monoisotopic (exact) mass is 257 g/mol. The van der Waals surface area contributed by atoms with Gasteiger partial charge in [-0.25, -0.2) is 0 Å². The summed E-state index contributed by atoms with van der Waals surface area (Å²) in [4.78, 5) is 24.4. The summed E-state index contributed by atoms with van der Waals surface area (Å²) >= 11 is 4.92. The van der Waals surface area contributed by atoms with Gasteiger partial charge in [-0.2, -0.15) is 0 Å². The summed E-state index contributed by atoms with van der Waals surface area (Å²) in [5, 5.41) is 6.46. The fourth-order valence-electron chi connectivity index (χ4n) is 1.77. The molecule has 0 aromatic rings. The van der Waals surface area contributed by atoms with E-state index in [0.717, 1.165) is 19.4 Å². The summed E-state index contributed by atoms with van der Waals surface area (Å²) in [5.74, 6) is -0.215. The lowest BCUT2D eigenvalue weighted by molar-refractivity contribution is -0.139. The van der Waals surface area contributed by atoms with E-state index in [1.165, 1.54) is 4.90 Å². The number of carbonyl (C=O) groups is 2. The maximum Gasteiger partial charge on any atom is 0.232 e. The molecule has 1 rings (SSSR count). The van der Waals surface area contributed by atoms with Crippen LogP contribution in [0.5, 0.6) is 0 Å². The van der Waals surface area contributed by atoms with Gasteiger partial charge in [0.05, 0.1) is 0 Å². The molecule has 5 nitrogen and oxygen atoms in total. The molecule has 6 heteroatoms. The first kappa shape index (κ1) is 13.9. The Morgan fingerprint density at radius 1 is 1.47 bits per heavy atom. The smallest absolute Gasteiger partial charge is 0.232 e. The first-order valence-corrected chi connectivity index (χ1v) is 6.27. The van der Waals surface area contributed by atoms with Gasteiger partial charge in [0.2, 0.25) is 11.8 Å². The van der Waals surface area contributed by atoms with Gasteiger partial charge in [0.1, 0.15) is 0 Å². The van der Waals surface area contributed by atoms with E-state index in [1.807, 2.05) is 0 Å². The molecule has 0 bridgehead atoms. The lowest BCUT2D eigenvalue weighted by atomic mass is 10.1. The van der Waals surface area contributed by atoms with E-state index in [0.29, 0.717) is 18.1 Å². The highest BCUT2D eigenvalue weighted by Gasteiger charge is 2.34. The molecule has 1 atom stereocenters. The van der Waals surface area contributed by atoms with E-state index in [4.69, 9.17) is 12.2 Å². The molecule has 1 fully saturated rings. The van der Waals surface area contributed by atoms with Crippen LogP contribution in [0.1, 0.15) is 26.2 Å². The number of carbonyl (C=O) groups excluding carboxylic acids is 2. The quantitative estimate of drug-likeness (QED) is 0.420. The third-order valence-electron chi connectivity index (χ3n) is 2.79. The number of likely N-dealkylation sites (tertiary alicyclic amines) is 1. The van der Waals surface area contributed by atoms with E-state index in [1.54, 1.807) is 14.0 Å².